The fourth-order valence-corrected chi connectivity index (χ4v) is 4.21. The van der Waals surface area contributed by atoms with Gasteiger partial charge in [-0.3, -0.25) is 8.75 Å². The summed E-state index contributed by atoms with van der Waals surface area (Å²) in [6.07, 6.45) is -6.64. The van der Waals surface area contributed by atoms with E-state index in [4.69, 9.17) is 4.52 Å². The van der Waals surface area contributed by atoms with E-state index in [9.17, 15) is 26.2 Å². The van der Waals surface area contributed by atoms with Crippen LogP contribution in [0, 0.1) is 0 Å². The minimum Gasteiger partial charge on any atom is -0.404 e. The van der Waals surface area contributed by atoms with Crippen LogP contribution < -0.4 is 4.74 Å². The van der Waals surface area contributed by atoms with Gasteiger partial charge in [0.25, 0.3) is 0 Å². The van der Waals surface area contributed by atoms with Crippen LogP contribution in [0.15, 0.2) is 29.2 Å². The molecular formula is C12H16F3O7PS. The Labute approximate surface area is 137 Å². The van der Waals surface area contributed by atoms with Gasteiger partial charge in [-0.05, 0) is 26.0 Å². The summed E-state index contributed by atoms with van der Waals surface area (Å²) in [7, 11) is -7.57. The Morgan fingerprint density at radius 2 is 1.79 bits per heavy atom. The second kappa shape index (κ2) is 7.83. The third kappa shape index (κ3) is 6.40. The molecule has 138 valence electrons. The van der Waals surface area contributed by atoms with E-state index in [1.54, 1.807) is 0 Å². The van der Waals surface area contributed by atoms with Crippen molar-refractivity contribution in [1.82, 2.24) is 0 Å². The standard InChI is InChI=1S/C12H16F3O7PS/c1-9(2)22-23(16,19-3)8-20-24(17,18)11-7-5-4-6-10(11)21-12(13,14)15/h4-7,9H,8H2,1-3H3. The summed E-state index contributed by atoms with van der Waals surface area (Å²) >= 11 is 0. The third-order valence-electron chi connectivity index (χ3n) is 2.36. The van der Waals surface area contributed by atoms with Gasteiger partial charge < -0.3 is 13.8 Å². The van der Waals surface area contributed by atoms with Gasteiger partial charge in [-0.1, -0.05) is 12.1 Å². The molecule has 0 heterocycles. The fourth-order valence-electron chi connectivity index (χ4n) is 1.51. The second-order valence-corrected chi connectivity index (χ2v) is 8.28. The molecule has 0 fully saturated rings. The van der Waals surface area contributed by atoms with Gasteiger partial charge >= 0.3 is 24.1 Å². The maximum absolute atomic E-state index is 12.3. The fraction of sp³-hybridized carbons (Fsp3) is 0.500. The lowest BCUT2D eigenvalue weighted by atomic mass is 10.3. The normalized spacial score (nSPS) is 15.3. The zero-order valence-corrected chi connectivity index (χ0v) is 14.7. The summed E-state index contributed by atoms with van der Waals surface area (Å²) in [5.74, 6) is -0.970. The molecule has 0 N–H and O–H groups in total. The lowest BCUT2D eigenvalue weighted by Crippen LogP contribution is -2.19. The molecule has 0 spiro atoms. The summed E-state index contributed by atoms with van der Waals surface area (Å²) in [5.41, 5.74) is 0. The highest BCUT2D eigenvalue weighted by atomic mass is 32.2. The van der Waals surface area contributed by atoms with Crippen molar-refractivity contribution in [2.24, 2.45) is 0 Å². The molecule has 0 saturated heterocycles. The van der Waals surface area contributed by atoms with Gasteiger partial charge in [0.1, 0.15) is 4.90 Å². The number of rotatable bonds is 8. The number of hydrogen-bond acceptors (Lipinski definition) is 7. The van der Waals surface area contributed by atoms with E-state index >= 15 is 0 Å². The van der Waals surface area contributed by atoms with Crippen LogP contribution in [0.5, 0.6) is 5.75 Å². The van der Waals surface area contributed by atoms with Crippen molar-refractivity contribution in [2.45, 2.75) is 31.2 Å². The van der Waals surface area contributed by atoms with Crippen LogP contribution in [0.2, 0.25) is 0 Å². The Morgan fingerprint density at radius 3 is 2.29 bits per heavy atom. The molecule has 1 atom stereocenters. The summed E-state index contributed by atoms with van der Waals surface area (Å²) in [6.45, 7) is 3.07. The minimum atomic E-state index is -5.09. The van der Waals surface area contributed by atoms with E-state index in [2.05, 4.69) is 13.4 Å². The number of ether oxygens (including phenoxy) is 1. The number of para-hydroxylation sites is 1. The predicted molar refractivity (Wildman–Crippen MR) is 77.1 cm³/mol. The molecule has 24 heavy (non-hydrogen) atoms. The minimum absolute atomic E-state index is 0.553. The van der Waals surface area contributed by atoms with Crippen molar-refractivity contribution in [2.75, 3.05) is 13.5 Å². The first-order chi connectivity index (χ1) is 10.9. The number of halogens is 3. The van der Waals surface area contributed by atoms with E-state index in [1.807, 2.05) is 0 Å². The molecule has 7 nitrogen and oxygen atoms in total. The highest BCUT2D eigenvalue weighted by Crippen LogP contribution is 2.49. The smallest absolute Gasteiger partial charge is 0.404 e. The van der Waals surface area contributed by atoms with Crippen molar-refractivity contribution in [3.8, 4) is 5.75 Å². The van der Waals surface area contributed by atoms with E-state index in [-0.39, 0.29) is 0 Å². The Hall–Kier alpha value is -1.13. The van der Waals surface area contributed by atoms with Gasteiger partial charge in [0.15, 0.2) is 12.1 Å². The van der Waals surface area contributed by atoms with Crippen LogP contribution in [0.3, 0.4) is 0 Å². The van der Waals surface area contributed by atoms with Gasteiger partial charge in [-0.15, -0.1) is 13.2 Å². The predicted octanol–water partition coefficient (Wildman–Crippen LogP) is 3.51. The zero-order valence-electron chi connectivity index (χ0n) is 12.9. The van der Waals surface area contributed by atoms with Crippen LogP contribution in [0.25, 0.3) is 0 Å². The molecule has 1 aromatic carbocycles. The molecule has 0 saturated carbocycles. The van der Waals surface area contributed by atoms with Gasteiger partial charge in [0.2, 0.25) is 0 Å². The number of benzene rings is 1. The molecule has 0 aliphatic heterocycles. The summed E-state index contributed by atoms with van der Waals surface area (Å²) < 4.78 is 91.1. The Morgan fingerprint density at radius 1 is 1.21 bits per heavy atom. The van der Waals surface area contributed by atoms with Crippen LogP contribution in [-0.4, -0.2) is 34.3 Å². The van der Waals surface area contributed by atoms with Crippen molar-refractivity contribution in [3.05, 3.63) is 24.3 Å². The van der Waals surface area contributed by atoms with Crippen molar-refractivity contribution >= 4 is 17.7 Å². The zero-order chi connectivity index (χ0) is 18.6. The van der Waals surface area contributed by atoms with Gasteiger partial charge in [0.05, 0.1) is 6.10 Å². The highest BCUT2D eigenvalue weighted by Gasteiger charge is 2.35. The second-order valence-electron chi connectivity index (χ2n) is 4.64. The average molecular weight is 392 g/mol. The summed E-state index contributed by atoms with van der Waals surface area (Å²) in [5, 5.41) is 0. The monoisotopic (exact) mass is 392 g/mol. The first-order valence-corrected chi connectivity index (χ1v) is 9.59. The first-order valence-electron chi connectivity index (χ1n) is 6.46. The van der Waals surface area contributed by atoms with Gasteiger partial charge in [-0.2, -0.15) is 8.42 Å². The largest absolute Gasteiger partial charge is 0.573 e. The van der Waals surface area contributed by atoms with Crippen molar-refractivity contribution < 1.29 is 44.1 Å². The third-order valence-corrected chi connectivity index (χ3v) is 5.58. The highest BCUT2D eigenvalue weighted by molar-refractivity contribution is 7.87. The Bertz CT molecular complexity index is 703. The Kier molecular flexibility index (Phi) is 6.83. The van der Waals surface area contributed by atoms with Gasteiger partial charge in [-0.25, -0.2) is 0 Å². The molecule has 0 aliphatic rings. The van der Waals surface area contributed by atoms with E-state index in [1.165, 1.54) is 19.9 Å². The van der Waals surface area contributed by atoms with Crippen molar-refractivity contribution in [1.29, 1.82) is 0 Å². The Balaban J connectivity index is 3.03. The molecule has 0 aromatic heterocycles. The van der Waals surface area contributed by atoms with Crippen LogP contribution in [0.1, 0.15) is 13.8 Å². The summed E-state index contributed by atoms with van der Waals surface area (Å²) in [6, 6.07) is 4.00. The lowest BCUT2D eigenvalue weighted by molar-refractivity contribution is -0.275. The van der Waals surface area contributed by atoms with Crippen LogP contribution >= 0.6 is 7.60 Å². The van der Waals surface area contributed by atoms with Crippen LogP contribution in [0.4, 0.5) is 13.2 Å². The quantitative estimate of drug-likeness (QED) is 0.494. The molecule has 12 heteroatoms. The molecule has 1 unspecified atom stereocenters. The van der Waals surface area contributed by atoms with Crippen LogP contribution in [-0.2, 0) is 27.9 Å². The van der Waals surface area contributed by atoms with E-state index < -0.39 is 47.2 Å². The molecule has 0 radical (unpaired) electrons. The first kappa shape index (κ1) is 20.9. The maximum atomic E-state index is 12.3. The van der Waals surface area contributed by atoms with Gasteiger partial charge in [0, 0.05) is 7.11 Å². The number of hydrogen-bond donors (Lipinski definition) is 0. The molecule has 0 amide bonds. The topological polar surface area (TPSA) is 88.1 Å². The molecular weight excluding hydrogens is 376 g/mol. The van der Waals surface area contributed by atoms with E-state index in [0.717, 1.165) is 25.3 Å². The molecule has 0 aliphatic carbocycles. The number of alkyl halides is 3. The molecule has 0 bridgehead atoms. The van der Waals surface area contributed by atoms with E-state index in [0.29, 0.717) is 0 Å². The lowest BCUT2D eigenvalue weighted by Gasteiger charge is -2.19. The average Bonchev–Trinajstić information content (AvgIpc) is 2.43. The SMILES string of the molecule is COP(=O)(COS(=O)(=O)c1ccccc1OC(F)(F)F)OC(C)C. The maximum Gasteiger partial charge on any atom is 0.573 e. The molecule has 1 rings (SSSR count). The van der Waals surface area contributed by atoms with Crippen molar-refractivity contribution in [3.63, 3.8) is 0 Å². The molecule has 1 aromatic rings. The summed E-state index contributed by atoms with van der Waals surface area (Å²) in [4.78, 5) is -0.866.